The van der Waals surface area contributed by atoms with Crippen molar-refractivity contribution in [2.75, 3.05) is 6.61 Å². The molecule has 0 spiro atoms. The fraction of sp³-hybridized carbons (Fsp3) is 1.00. The van der Waals surface area contributed by atoms with Gasteiger partial charge in [-0.25, -0.2) is 0 Å². The molecule has 5 atom stereocenters. The Morgan fingerprint density at radius 3 is 1.93 bits per heavy atom. The van der Waals surface area contributed by atoms with E-state index in [0.717, 1.165) is 0 Å². The Kier molecular flexibility index (Phi) is 7.70. The van der Waals surface area contributed by atoms with Crippen molar-refractivity contribution < 1.29 is 36.1 Å². The van der Waals surface area contributed by atoms with Gasteiger partial charge in [0.05, 0.1) is 6.61 Å². The normalized spacial score (nSPS) is 42.2. The first-order valence-electron chi connectivity index (χ1n) is 3.56. The van der Waals surface area contributed by atoms with E-state index in [9.17, 15) is 10.2 Å². The minimum atomic E-state index is -1.32. The first-order valence-corrected chi connectivity index (χ1v) is 4.08. The minimum absolute atomic E-state index is 0. The summed E-state index contributed by atoms with van der Waals surface area (Å²) in [4.78, 5) is 0. The first-order chi connectivity index (χ1) is 5.57. The van der Waals surface area contributed by atoms with Gasteiger partial charge in [-0.05, 0) is 0 Å². The van der Waals surface area contributed by atoms with Gasteiger partial charge in [-0.1, -0.05) is 0 Å². The van der Waals surface area contributed by atoms with E-state index in [1.165, 1.54) is 0 Å². The average molecular weight is 232 g/mol. The highest BCUT2D eigenvalue weighted by molar-refractivity contribution is 7.80. The van der Waals surface area contributed by atoms with Crippen molar-refractivity contribution in [3.63, 3.8) is 0 Å². The summed E-state index contributed by atoms with van der Waals surface area (Å²) in [7, 11) is 0. The molecule has 1 aliphatic rings. The maximum atomic E-state index is 9.20. The van der Waals surface area contributed by atoms with Crippen molar-refractivity contribution in [2.24, 2.45) is 0 Å². The van der Waals surface area contributed by atoms with Crippen molar-refractivity contribution in [3.8, 4) is 0 Å². The second-order valence-electron chi connectivity index (χ2n) is 2.72. The molecule has 0 saturated carbocycles. The van der Waals surface area contributed by atoms with E-state index in [4.69, 9.17) is 14.9 Å². The first kappa shape index (κ1) is 16.5. The molecular formula is C6H16O7S. The fourth-order valence-corrected chi connectivity index (χ4v) is 1.41. The molecule has 8 N–H and O–H groups in total. The molecule has 88 valence electrons. The number of ether oxygens (including phenoxy) is 1. The highest BCUT2D eigenvalue weighted by atomic mass is 32.1. The third kappa shape index (κ3) is 3.04. The number of rotatable bonds is 1. The molecule has 1 saturated heterocycles. The SMILES string of the molecule is O.O.OC[C@H]1O[C@@H](S)[C@H](O)[C@@H](O)[C@@H]1O. The van der Waals surface area contributed by atoms with Crippen LogP contribution in [-0.2, 0) is 4.74 Å². The van der Waals surface area contributed by atoms with Crippen LogP contribution in [0.15, 0.2) is 0 Å². The van der Waals surface area contributed by atoms with Crippen LogP contribution in [0.3, 0.4) is 0 Å². The monoisotopic (exact) mass is 232 g/mol. The summed E-state index contributed by atoms with van der Waals surface area (Å²) in [5.74, 6) is 0. The van der Waals surface area contributed by atoms with Gasteiger partial charge in [0.25, 0.3) is 0 Å². The predicted molar refractivity (Wildman–Crippen MR) is 50.0 cm³/mol. The Bertz CT molecular complexity index is 152. The maximum Gasteiger partial charge on any atom is 0.129 e. The molecule has 7 nitrogen and oxygen atoms in total. The molecule has 1 heterocycles. The minimum Gasteiger partial charge on any atom is -0.412 e. The number of aliphatic hydroxyl groups is 4. The fourth-order valence-electron chi connectivity index (χ4n) is 1.08. The van der Waals surface area contributed by atoms with Crippen molar-refractivity contribution in [1.29, 1.82) is 0 Å². The van der Waals surface area contributed by atoms with Gasteiger partial charge in [-0.2, -0.15) is 0 Å². The molecule has 0 aromatic carbocycles. The van der Waals surface area contributed by atoms with Crippen molar-refractivity contribution in [2.45, 2.75) is 29.9 Å². The summed E-state index contributed by atoms with van der Waals surface area (Å²) in [6, 6.07) is 0. The maximum absolute atomic E-state index is 9.20. The van der Waals surface area contributed by atoms with E-state index in [-0.39, 0.29) is 11.0 Å². The van der Waals surface area contributed by atoms with Crippen LogP contribution in [0.25, 0.3) is 0 Å². The standard InChI is InChI=1S/C6H12O5S.2H2O/c7-1-2-3(8)4(9)5(10)6(12)11-2;;/h2-10,12H,1H2;2*1H2/t2-,3-,4+,5-,6+;;/m1../s1. The summed E-state index contributed by atoms with van der Waals surface area (Å²) in [6.45, 7) is -0.415. The lowest BCUT2D eigenvalue weighted by Crippen LogP contribution is -2.56. The van der Waals surface area contributed by atoms with E-state index in [1.807, 2.05) is 0 Å². The lowest BCUT2D eigenvalue weighted by Gasteiger charge is -2.37. The second-order valence-corrected chi connectivity index (χ2v) is 3.23. The van der Waals surface area contributed by atoms with Crippen LogP contribution in [0.4, 0.5) is 0 Å². The zero-order valence-electron chi connectivity index (χ0n) is 7.24. The highest BCUT2D eigenvalue weighted by Crippen LogP contribution is 2.22. The van der Waals surface area contributed by atoms with Crippen molar-refractivity contribution in [3.05, 3.63) is 0 Å². The lowest BCUT2D eigenvalue weighted by atomic mass is 10.0. The van der Waals surface area contributed by atoms with Crippen LogP contribution in [0.2, 0.25) is 0 Å². The molecule has 14 heavy (non-hydrogen) atoms. The van der Waals surface area contributed by atoms with Gasteiger partial charge in [-0.15, -0.1) is 12.6 Å². The highest BCUT2D eigenvalue weighted by Gasteiger charge is 2.41. The Morgan fingerprint density at radius 1 is 1.00 bits per heavy atom. The molecule has 0 bridgehead atoms. The average Bonchev–Trinajstić information content (AvgIpc) is 2.08. The molecule has 1 rings (SSSR count). The summed E-state index contributed by atoms with van der Waals surface area (Å²) in [5.41, 5.74) is -0.874. The molecular weight excluding hydrogens is 216 g/mol. The van der Waals surface area contributed by atoms with Gasteiger partial charge < -0.3 is 36.1 Å². The zero-order valence-corrected chi connectivity index (χ0v) is 8.13. The molecule has 0 unspecified atom stereocenters. The van der Waals surface area contributed by atoms with Gasteiger partial charge in [-0.3, -0.25) is 0 Å². The number of hydrogen-bond acceptors (Lipinski definition) is 6. The van der Waals surface area contributed by atoms with E-state index in [0.29, 0.717) is 0 Å². The summed E-state index contributed by atoms with van der Waals surface area (Å²) < 4.78 is 4.88. The van der Waals surface area contributed by atoms with Gasteiger partial charge >= 0.3 is 0 Å². The molecule has 0 amide bonds. The van der Waals surface area contributed by atoms with Crippen LogP contribution >= 0.6 is 12.6 Å². The smallest absolute Gasteiger partial charge is 0.129 e. The second kappa shape index (κ2) is 6.53. The van der Waals surface area contributed by atoms with E-state index >= 15 is 0 Å². The van der Waals surface area contributed by atoms with Crippen LogP contribution in [0, 0.1) is 0 Å². The number of hydrogen-bond donors (Lipinski definition) is 5. The van der Waals surface area contributed by atoms with E-state index in [1.54, 1.807) is 0 Å². The Hall–Kier alpha value is 0.0700. The van der Waals surface area contributed by atoms with Crippen LogP contribution < -0.4 is 0 Å². The Balaban J connectivity index is 0. The van der Waals surface area contributed by atoms with Gasteiger partial charge in [0.2, 0.25) is 0 Å². The summed E-state index contributed by atoms with van der Waals surface area (Å²) in [5, 5.41) is 36.2. The Labute approximate surface area is 86.0 Å². The van der Waals surface area contributed by atoms with Crippen LogP contribution in [0.5, 0.6) is 0 Å². The molecule has 1 fully saturated rings. The molecule has 0 aromatic rings. The molecule has 8 heteroatoms. The number of aliphatic hydroxyl groups excluding tert-OH is 4. The largest absolute Gasteiger partial charge is 0.412 e. The molecule has 0 aliphatic carbocycles. The van der Waals surface area contributed by atoms with Crippen molar-refractivity contribution in [1.82, 2.24) is 0 Å². The van der Waals surface area contributed by atoms with Gasteiger partial charge in [0, 0.05) is 0 Å². The lowest BCUT2D eigenvalue weighted by molar-refractivity contribution is -0.205. The zero-order chi connectivity index (χ0) is 9.30. The van der Waals surface area contributed by atoms with Gasteiger partial charge in [0.15, 0.2) is 0 Å². The Morgan fingerprint density at radius 2 is 1.50 bits per heavy atom. The molecule has 1 aliphatic heterocycles. The molecule has 0 radical (unpaired) electrons. The predicted octanol–water partition coefficient (Wildman–Crippen LogP) is -3.93. The topological polar surface area (TPSA) is 153 Å². The van der Waals surface area contributed by atoms with Crippen LogP contribution in [-0.4, -0.2) is 67.8 Å². The molecule has 0 aromatic heterocycles. The third-order valence-corrected chi connectivity index (χ3v) is 2.29. The van der Waals surface area contributed by atoms with E-state index < -0.39 is 36.5 Å². The number of thiol groups is 1. The summed E-state index contributed by atoms with van der Waals surface area (Å²) >= 11 is 3.81. The van der Waals surface area contributed by atoms with Crippen LogP contribution in [0.1, 0.15) is 0 Å². The van der Waals surface area contributed by atoms with Gasteiger partial charge in [0.1, 0.15) is 29.9 Å². The van der Waals surface area contributed by atoms with Crippen molar-refractivity contribution >= 4 is 12.6 Å². The third-order valence-electron chi connectivity index (χ3n) is 1.87. The summed E-state index contributed by atoms with van der Waals surface area (Å²) in [6.07, 6.45) is -4.70. The van der Waals surface area contributed by atoms with E-state index in [2.05, 4.69) is 12.6 Å². The quantitative estimate of drug-likeness (QED) is 0.292.